The van der Waals surface area contributed by atoms with Crippen molar-refractivity contribution in [2.24, 2.45) is 0 Å². The molecule has 3 nitrogen and oxygen atoms in total. The number of alkyl halides is 1. The third-order valence-corrected chi connectivity index (χ3v) is 4.41. The van der Waals surface area contributed by atoms with Crippen LogP contribution in [-0.2, 0) is 4.74 Å². The summed E-state index contributed by atoms with van der Waals surface area (Å²) in [5.74, 6) is 0.735. The van der Waals surface area contributed by atoms with Gasteiger partial charge in [-0.15, -0.1) is 11.6 Å². The van der Waals surface area contributed by atoms with Gasteiger partial charge in [0.15, 0.2) is 0 Å². The van der Waals surface area contributed by atoms with Gasteiger partial charge in [0.05, 0.1) is 12.7 Å². The average molecular weight is 275 g/mol. The van der Waals surface area contributed by atoms with Crippen LogP contribution in [0, 0.1) is 0 Å². The van der Waals surface area contributed by atoms with Gasteiger partial charge in [-0.05, 0) is 19.9 Å². The maximum absolute atomic E-state index is 5.97. The van der Waals surface area contributed by atoms with Crippen molar-refractivity contribution >= 4 is 11.6 Å². The minimum absolute atomic E-state index is 0.369. The van der Waals surface area contributed by atoms with E-state index in [0.29, 0.717) is 6.10 Å². The van der Waals surface area contributed by atoms with Gasteiger partial charge in [0.2, 0.25) is 0 Å². The fourth-order valence-electron chi connectivity index (χ4n) is 3.22. The first-order valence-corrected chi connectivity index (χ1v) is 7.93. The molecule has 0 radical (unpaired) electrons. The van der Waals surface area contributed by atoms with E-state index in [1.165, 1.54) is 32.1 Å². The van der Waals surface area contributed by atoms with Crippen LogP contribution in [0.15, 0.2) is 0 Å². The number of likely N-dealkylation sites (N-methyl/N-ethyl adjacent to an activating group) is 1. The van der Waals surface area contributed by atoms with Gasteiger partial charge in [-0.1, -0.05) is 19.3 Å². The molecule has 0 aromatic carbocycles. The smallest absolute Gasteiger partial charge is 0.0829 e. The van der Waals surface area contributed by atoms with E-state index in [1.807, 2.05) is 0 Å². The molecule has 0 aromatic rings. The summed E-state index contributed by atoms with van der Waals surface area (Å²) < 4.78 is 5.89. The minimum atomic E-state index is 0.369. The Morgan fingerprint density at radius 3 is 2.72 bits per heavy atom. The number of morpholine rings is 1. The zero-order valence-corrected chi connectivity index (χ0v) is 12.4. The van der Waals surface area contributed by atoms with Crippen LogP contribution in [0.4, 0.5) is 0 Å². The number of ether oxygens (including phenoxy) is 1. The van der Waals surface area contributed by atoms with Gasteiger partial charge in [0.1, 0.15) is 0 Å². The third-order valence-electron chi connectivity index (χ3n) is 4.24. The van der Waals surface area contributed by atoms with Crippen molar-refractivity contribution in [3.05, 3.63) is 0 Å². The van der Waals surface area contributed by atoms with Crippen molar-refractivity contribution in [1.29, 1.82) is 0 Å². The van der Waals surface area contributed by atoms with Crippen molar-refractivity contribution in [1.82, 2.24) is 9.80 Å². The Labute approximate surface area is 116 Å². The Morgan fingerprint density at radius 2 is 2.06 bits per heavy atom. The molecule has 1 saturated heterocycles. The van der Waals surface area contributed by atoms with Crippen molar-refractivity contribution in [2.45, 2.75) is 44.2 Å². The van der Waals surface area contributed by atoms with Crippen LogP contribution in [0.25, 0.3) is 0 Å². The highest BCUT2D eigenvalue weighted by atomic mass is 35.5. The molecule has 2 rings (SSSR count). The van der Waals surface area contributed by atoms with E-state index in [1.54, 1.807) is 0 Å². The van der Waals surface area contributed by atoms with Crippen molar-refractivity contribution in [3.8, 4) is 0 Å². The number of hydrogen-bond donors (Lipinski definition) is 0. The Kier molecular flexibility index (Phi) is 6.22. The Bertz CT molecular complexity index is 234. The average Bonchev–Trinajstić information content (AvgIpc) is 2.39. The van der Waals surface area contributed by atoms with E-state index < -0.39 is 0 Å². The number of rotatable bonds is 5. The first kappa shape index (κ1) is 14.6. The summed E-state index contributed by atoms with van der Waals surface area (Å²) in [7, 11) is 2.18. The maximum atomic E-state index is 5.97. The second-order valence-corrected chi connectivity index (χ2v) is 6.11. The predicted octanol–water partition coefficient (Wildman–Crippen LogP) is 2.19. The van der Waals surface area contributed by atoms with E-state index in [9.17, 15) is 0 Å². The summed E-state index contributed by atoms with van der Waals surface area (Å²) >= 11 is 5.97. The molecule has 1 unspecified atom stereocenters. The van der Waals surface area contributed by atoms with Crippen LogP contribution in [0.5, 0.6) is 0 Å². The highest BCUT2D eigenvalue weighted by Crippen LogP contribution is 2.23. The number of halogens is 1. The van der Waals surface area contributed by atoms with Crippen molar-refractivity contribution in [2.75, 3.05) is 45.7 Å². The molecule has 0 spiro atoms. The molecule has 0 amide bonds. The zero-order valence-electron chi connectivity index (χ0n) is 11.6. The molecule has 1 atom stereocenters. The van der Waals surface area contributed by atoms with Crippen LogP contribution in [0.1, 0.15) is 32.1 Å². The van der Waals surface area contributed by atoms with Gasteiger partial charge in [-0.2, -0.15) is 0 Å². The molecule has 18 heavy (non-hydrogen) atoms. The van der Waals surface area contributed by atoms with E-state index in [-0.39, 0.29) is 0 Å². The Morgan fingerprint density at radius 1 is 1.28 bits per heavy atom. The normalized spacial score (nSPS) is 27.8. The lowest BCUT2D eigenvalue weighted by atomic mass is 9.94. The lowest BCUT2D eigenvalue weighted by Crippen LogP contribution is -2.49. The van der Waals surface area contributed by atoms with Gasteiger partial charge in [0, 0.05) is 38.1 Å². The van der Waals surface area contributed by atoms with Crippen LogP contribution in [0.3, 0.4) is 0 Å². The molecule has 2 aliphatic rings. The highest BCUT2D eigenvalue weighted by molar-refractivity contribution is 6.18. The topological polar surface area (TPSA) is 15.7 Å². The standard InChI is InChI=1S/C14H27ClN2O/c1-16-9-10-18-14(11-16)12-17(8-7-15)13-5-3-2-4-6-13/h13-14H,2-12H2,1H3. The van der Waals surface area contributed by atoms with E-state index >= 15 is 0 Å². The van der Waals surface area contributed by atoms with Gasteiger partial charge < -0.3 is 9.64 Å². The van der Waals surface area contributed by atoms with Crippen LogP contribution >= 0.6 is 11.6 Å². The number of nitrogens with zero attached hydrogens (tertiary/aromatic N) is 2. The van der Waals surface area contributed by atoms with Gasteiger partial charge in [-0.25, -0.2) is 0 Å². The zero-order chi connectivity index (χ0) is 12.8. The summed E-state index contributed by atoms with van der Waals surface area (Å²) in [6.45, 7) is 5.07. The second-order valence-electron chi connectivity index (χ2n) is 5.73. The molecule has 2 fully saturated rings. The monoisotopic (exact) mass is 274 g/mol. The molecule has 1 saturated carbocycles. The predicted molar refractivity (Wildman–Crippen MR) is 76.4 cm³/mol. The SMILES string of the molecule is CN1CCOC(CN(CCCl)C2CCCCC2)C1. The van der Waals surface area contributed by atoms with E-state index in [0.717, 1.165) is 44.7 Å². The Hall–Kier alpha value is 0.170. The lowest BCUT2D eigenvalue weighted by molar-refractivity contribution is -0.0426. The molecule has 1 heterocycles. The molecule has 1 aliphatic carbocycles. The first-order chi connectivity index (χ1) is 8.79. The molecule has 0 bridgehead atoms. The van der Waals surface area contributed by atoms with Crippen LogP contribution < -0.4 is 0 Å². The lowest BCUT2D eigenvalue weighted by Gasteiger charge is -2.38. The molecular formula is C14H27ClN2O. The summed E-state index contributed by atoms with van der Waals surface area (Å²) in [4.78, 5) is 4.95. The Balaban J connectivity index is 1.84. The fraction of sp³-hybridized carbons (Fsp3) is 1.00. The van der Waals surface area contributed by atoms with Gasteiger partial charge >= 0.3 is 0 Å². The quantitative estimate of drug-likeness (QED) is 0.715. The molecule has 106 valence electrons. The van der Waals surface area contributed by atoms with Gasteiger partial charge in [-0.3, -0.25) is 4.90 Å². The summed E-state index contributed by atoms with van der Waals surface area (Å²) in [5, 5.41) is 0. The van der Waals surface area contributed by atoms with E-state index in [2.05, 4.69) is 16.8 Å². The summed E-state index contributed by atoms with van der Waals surface area (Å²) in [6.07, 6.45) is 7.24. The van der Waals surface area contributed by atoms with Crippen LogP contribution in [-0.4, -0.2) is 67.7 Å². The minimum Gasteiger partial charge on any atom is -0.374 e. The first-order valence-electron chi connectivity index (χ1n) is 7.39. The van der Waals surface area contributed by atoms with Crippen molar-refractivity contribution in [3.63, 3.8) is 0 Å². The largest absolute Gasteiger partial charge is 0.374 e. The maximum Gasteiger partial charge on any atom is 0.0829 e. The summed E-state index contributed by atoms with van der Waals surface area (Å²) in [5.41, 5.74) is 0. The van der Waals surface area contributed by atoms with Crippen LogP contribution in [0.2, 0.25) is 0 Å². The highest BCUT2D eigenvalue weighted by Gasteiger charge is 2.25. The molecule has 4 heteroatoms. The molecule has 1 aliphatic heterocycles. The molecular weight excluding hydrogens is 248 g/mol. The third kappa shape index (κ3) is 4.37. The number of hydrogen-bond acceptors (Lipinski definition) is 3. The summed E-state index contributed by atoms with van der Waals surface area (Å²) in [6, 6.07) is 0.744. The van der Waals surface area contributed by atoms with Gasteiger partial charge in [0.25, 0.3) is 0 Å². The fourth-order valence-corrected chi connectivity index (χ4v) is 3.43. The second kappa shape index (κ2) is 7.68. The van der Waals surface area contributed by atoms with E-state index in [4.69, 9.17) is 16.3 Å². The van der Waals surface area contributed by atoms with Crippen molar-refractivity contribution < 1.29 is 4.74 Å². The molecule has 0 aromatic heterocycles. The molecule has 0 N–H and O–H groups in total.